The number of nitrogens with one attached hydrogen (secondary N) is 1. The van der Waals surface area contributed by atoms with Crippen LogP contribution in [0.3, 0.4) is 0 Å². The maximum Gasteiger partial charge on any atom is 0.254 e. The van der Waals surface area contributed by atoms with Gasteiger partial charge in [-0.1, -0.05) is 6.07 Å². The molecule has 1 aliphatic rings. The van der Waals surface area contributed by atoms with E-state index in [9.17, 15) is 9.00 Å². The summed E-state index contributed by atoms with van der Waals surface area (Å²) in [7, 11) is 1.05. The molecule has 2 aromatic heterocycles. The molecule has 0 bridgehead atoms. The van der Waals surface area contributed by atoms with Gasteiger partial charge in [-0.2, -0.15) is 4.98 Å². The van der Waals surface area contributed by atoms with Gasteiger partial charge in [0, 0.05) is 82.8 Å². The Morgan fingerprint density at radius 3 is 2.53 bits per heavy atom. The fourth-order valence-electron chi connectivity index (χ4n) is 4.04. The lowest BCUT2D eigenvalue weighted by molar-refractivity contribution is 0.0664. The van der Waals surface area contributed by atoms with Gasteiger partial charge in [0.2, 0.25) is 5.95 Å². The number of nitrogens with zero attached hydrogens (tertiary/aromatic N) is 5. The molecule has 0 spiro atoms. The molecule has 1 fully saturated rings. The Balaban J connectivity index is 1.38. The van der Waals surface area contributed by atoms with Crippen molar-refractivity contribution in [3.8, 4) is 5.69 Å². The summed E-state index contributed by atoms with van der Waals surface area (Å²) >= 11 is 0. The first-order valence-corrected chi connectivity index (χ1v) is 12.7. The van der Waals surface area contributed by atoms with Gasteiger partial charge in [0.25, 0.3) is 5.91 Å². The number of benzene rings is 2. The molecule has 3 heterocycles. The third kappa shape index (κ3) is 4.57. The summed E-state index contributed by atoms with van der Waals surface area (Å²) in [6.45, 7) is 3.24. The second kappa shape index (κ2) is 9.36. The van der Waals surface area contributed by atoms with Crippen molar-refractivity contribution in [2.24, 2.45) is 0 Å². The second-order valence-electron chi connectivity index (χ2n) is 8.41. The standard InChI is InChI=1S/C25H26N6O2S/c1-29-12-14-30(15-13-29)24(32)18-4-3-5-20(16-18)27-25-26-17-19-10-11-31(23(19)28-25)21-6-8-22(9-7-21)34(2)33/h3-11,16-17H,12-15H2,1-2H3,(H,26,27,28). The zero-order valence-electron chi connectivity index (χ0n) is 19.1. The predicted molar refractivity (Wildman–Crippen MR) is 134 cm³/mol. The Kier molecular flexibility index (Phi) is 6.12. The highest BCUT2D eigenvalue weighted by molar-refractivity contribution is 7.84. The third-order valence-electron chi connectivity index (χ3n) is 6.03. The number of hydrogen-bond acceptors (Lipinski definition) is 6. The van der Waals surface area contributed by atoms with Crippen LogP contribution in [-0.4, -0.2) is 73.9 Å². The Labute approximate surface area is 200 Å². The maximum atomic E-state index is 12.9. The molecule has 5 rings (SSSR count). The van der Waals surface area contributed by atoms with Crippen LogP contribution in [0.4, 0.5) is 11.6 Å². The van der Waals surface area contributed by atoms with E-state index in [1.807, 2.05) is 70.3 Å². The van der Waals surface area contributed by atoms with Gasteiger partial charge >= 0.3 is 0 Å². The molecule has 0 radical (unpaired) electrons. The zero-order chi connectivity index (χ0) is 23.7. The van der Waals surface area contributed by atoms with Crippen molar-refractivity contribution in [3.05, 3.63) is 72.6 Å². The monoisotopic (exact) mass is 474 g/mol. The highest BCUT2D eigenvalue weighted by Crippen LogP contribution is 2.22. The minimum Gasteiger partial charge on any atom is -0.336 e. The van der Waals surface area contributed by atoms with E-state index in [-0.39, 0.29) is 5.91 Å². The summed E-state index contributed by atoms with van der Waals surface area (Å²) in [5, 5.41) is 4.15. The first kappa shape index (κ1) is 22.2. The number of hydrogen-bond donors (Lipinski definition) is 1. The highest BCUT2D eigenvalue weighted by Gasteiger charge is 2.20. The molecule has 1 atom stereocenters. The van der Waals surface area contributed by atoms with Gasteiger partial charge in [0.05, 0.1) is 0 Å². The summed E-state index contributed by atoms with van der Waals surface area (Å²) in [4.78, 5) is 27.0. The molecule has 4 aromatic rings. The average molecular weight is 475 g/mol. The Morgan fingerprint density at radius 1 is 1.03 bits per heavy atom. The fourth-order valence-corrected chi connectivity index (χ4v) is 4.56. The van der Waals surface area contributed by atoms with Crippen molar-refractivity contribution < 1.29 is 9.00 Å². The summed E-state index contributed by atoms with van der Waals surface area (Å²) in [6, 6.07) is 17.0. The average Bonchev–Trinajstić information content (AvgIpc) is 3.27. The summed E-state index contributed by atoms with van der Waals surface area (Å²) < 4.78 is 13.7. The second-order valence-corrected chi connectivity index (χ2v) is 9.79. The minimum absolute atomic E-state index is 0.0402. The number of carbonyl (C=O) groups is 1. The van der Waals surface area contributed by atoms with Crippen LogP contribution in [0, 0.1) is 0 Å². The third-order valence-corrected chi connectivity index (χ3v) is 6.97. The molecule has 2 aromatic carbocycles. The Hall–Kier alpha value is -3.56. The summed E-state index contributed by atoms with van der Waals surface area (Å²) in [5.74, 6) is 0.487. The number of anilines is 2. The van der Waals surface area contributed by atoms with Gasteiger partial charge in [0.15, 0.2) is 0 Å². The van der Waals surface area contributed by atoms with E-state index in [2.05, 4.69) is 22.2 Å². The van der Waals surface area contributed by atoms with Crippen LogP contribution >= 0.6 is 0 Å². The SMILES string of the molecule is CN1CCN(C(=O)c2cccc(Nc3ncc4ccn(-c5ccc(S(C)=O)cc5)c4n3)c2)CC1. The largest absolute Gasteiger partial charge is 0.336 e. The number of rotatable bonds is 5. The van der Waals surface area contributed by atoms with E-state index in [1.165, 1.54) is 0 Å². The summed E-state index contributed by atoms with van der Waals surface area (Å²) in [6.07, 6.45) is 5.38. The van der Waals surface area contributed by atoms with Crippen molar-refractivity contribution in [3.63, 3.8) is 0 Å². The molecule has 0 saturated carbocycles. The molecule has 1 aliphatic heterocycles. The summed E-state index contributed by atoms with van der Waals surface area (Å²) in [5.41, 5.74) is 3.08. The van der Waals surface area contributed by atoms with Crippen LogP contribution < -0.4 is 5.32 Å². The molecule has 34 heavy (non-hydrogen) atoms. The molecule has 0 aliphatic carbocycles. The van der Waals surface area contributed by atoms with Crippen molar-refractivity contribution in [2.45, 2.75) is 4.90 Å². The molecule has 1 amide bonds. The van der Waals surface area contributed by atoms with Gasteiger partial charge in [-0.15, -0.1) is 0 Å². The smallest absolute Gasteiger partial charge is 0.254 e. The lowest BCUT2D eigenvalue weighted by atomic mass is 10.1. The highest BCUT2D eigenvalue weighted by atomic mass is 32.2. The first-order valence-electron chi connectivity index (χ1n) is 11.1. The van der Waals surface area contributed by atoms with Gasteiger partial charge < -0.3 is 19.7 Å². The van der Waals surface area contributed by atoms with E-state index in [1.54, 1.807) is 12.5 Å². The first-order chi connectivity index (χ1) is 16.5. The number of fused-ring (bicyclic) bond motifs is 1. The van der Waals surface area contributed by atoms with E-state index < -0.39 is 10.8 Å². The molecule has 1 N–H and O–H groups in total. The van der Waals surface area contributed by atoms with Crippen LogP contribution in [0.5, 0.6) is 0 Å². The van der Waals surface area contributed by atoms with E-state index in [0.29, 0.717) is 11.5 Å². The molecule has 1 unspecified atom stereocenters. The van der Waals surface area contributed by atoms with Crippen LogP contribution in [0.25, 0.3) is 16.7 Å². The van der Waals surface area contributed by atoms with Gasteiger partial charge in [0.1, 0.15) is 5.65 Å². The van der Waals surface area contributed by atoms with E-state index >= 15 is 0 Å². The van der Waals surface area contributed by atoms with Crippen molar-refractivity contribution in [2.75, 3.05) is 44.8 Å². The minimum atomic E-state index is -1.02. The number of aromatic nitrogens is 3. The predicted octanol–water partition coefficient (Wildman–Crippen LogP) is 3.29. The zero-order valence-corrected chi connectivity index (χ0v) is 20.0. The topological polar surface area (TPSA) is 83.4 Å². The van der Waals surface area contributed by atoms with Gasteiger partial charge in [-0.05, 0) is 55.6 Å². The molecule has 8 nitrogen and oxygen atoms in total. The van der Waals surface area contributed by atoms with Crippen molar-refractivity contribution in [1.82, 2.24) is 24.3 Å². The quantitative estimate of drug-likeness (QED) is 0.478. The van der Waals surface area contributed by atoms with Crippen molar-refractivity contribution in [1.29, 1.82) is 0 Å². The molecule has 9 heteroatoms. The lowest BCUT2D eigenvalue weighted by Crippen LogP contribution is -2.47. The Bertz CT molecular complexity index is 1360. The van der Waals surface area contributed by atoms with Crippen LogP contribution in [0.2, 0.25) is 0 Å². The number of likely N-dealkylation sites (N-methyl/N-ethyl adjacent to an activating group) is 1. The van der Waals surface area contributed by atoms with Crippen molar-refractivity contribution >= 4 is 39.4 Å². The number of carbonyl (C=O) groups excluding carboxylic acids is 1. The van der Waals surface area contributed by atoms with Crippen LogP contribution in [0.15, 0.2) is 71.9 Å². The molecule has 1 saturated heterocycles. The molecular weight excluding hydrogens is 448 g/mol. The normalized spacial score (nSPS) is 15.4. The van der Waals surface area contributed by atoms with Gasteiger partial charge in [-0.3, -0.25) is 9.00 Å². The van der Waals surface area contributed by atoms with Crippen LogP contribution in [-0.2, 0) is 10.8 Å². The van der Waals surface area contributed by atoms with E-state index in [0.717, 1.165) is 53.5 Å². The number of amides is 1. The molecule has 174 valence electrons. The number of piperazine rings is 1. The Morgan fingerprint density at radius 2 is 1.79 bits per heavy atom. The fraction of sp³-hybridized carbons (Fsp3) is 0.240. The van der Waals surface area contributed by atoms with Crippen LogP contribution in [0.1, 0.15) is 10.4 Å². The molecular formula is C25H26N6O2S. The van der Waals surface area contributed by atoms with E-state index in [4.69, 9.17) is 4.98 Å². The van der Waals surface area contributed by atoms with Gasteiger partial charge in [-0.25, -0.2) is 4.98 Å². The lowest BCUT2D eigenvalue weighted by Gasteiger charge is -2.32. The maximum absolute atomic E-state index is 12.9.